The van der Waals surface area contributed by atoms with E-state index in [1.54, 1.807) is 0 Å². The summed E-state index contributed by atoms with van der Waals surface area (Å²) >= 11 is 0. The van der Waals surface area contributed by atoms with Gasteiger partial charge in [-0.1, -0.05) is 38.0 Å². The largest absolute Gasteiger partial charge is 0.459 e. The smallest absolute Gasteiger partial charge is 0.134 e. The van der Waals surface area contributed by atoms with Crippen molar-refractivity contribution in [2.24, 2.45) is 5.92 Å². The zero-order chi connectivity index (χ0) is 13.1. The first-order valence-electron chi connectivity index (χ1n) is 6.32. The van der Waals surface area contributed by atoms with E-state index in [1.165, 1.54) is 0 Å². The van der Waals surface area contributed by atoms with Crippen LogP contribution in [-0.4, -0.2) is 6.04 Å². The lowest BCUT2D eigenvalue weighted by atomic mass is 10.0. The number of hydrogen-bond acceptors (Lipinski definition) is 2. The number of furan rings is 1. The minimum atomic E-state index is 0.0632. The first-order valence-corrected chi connectivity index (χ1v) is 6.32. The SMILES string of the molecule is C#CC(NC(C)c1cc2ccccc2o1)C(C)C. The summed E-state index contributed by atoms with van der Waals surface area (Å²) in [6, 6.07) is 10.3. The Labute approximate surface area is 108 Å². The van der Waals surface area contributed by atoms with Gasteiger partial charge in [0.1, 0.15) is 11.3 Å². The second kappa shape index (κ2) is 5.29. The van der Waals surface area contributed by atoms with E-state index in [4.69, 9.17) is 10.8 Å². The van der Waals surface area contributed by atoms with Crippen molar-refractivity contribution < 1.29 is 4.42 Å². The Morgan fingerprint density at radius 3 is 2.56 bits per heavy atom. The Bertz CT molecular complexity index is 529. The third-order valence-electron chi connectivity index (χ3n) is 3.15. The number of hydrogen-bond donors (Lipinski definition) is 1. The monoisotopic (exact) mass is 241 g/mol. The van der Waals surface area contributed by atoms with Crippen LogP contribution in [0.15, 0.2) is 34.7 Å². The molecule has 0 spiro atoms. The molecule has 2 aromatic rings. The quantitative estimate of drug-likeness (QED) is 0.825. The molecular weight excluding hydrogens is 222 g/mol. The Hall–Kier alpha value is -1.72. The normalized spacial score (nSPS) is 14.6. The lowest BCUT2D eigenvalue weighted by Gasteiger charge is -2.20. The molecule has 2 rings (SSSR count). The number of fused-ring (bicyclic) bond motifs is 1. The average molecular weight is 241 g/mol. The molecule has 0 saturated carbocycles. The maximum absolute atomic E-state index is 5.82. The molecule has 0 aliphatic carbocycles. The fourth-order valence-electron chi connectivity index (χ4n) is 2.00. The number of para-hydroxylation sites is 1. The molecule has 0 bridgehead atoms. The van der Waals surface area contributed by atoms with E-state index in [0.717, 1.165) is 16.7 Å². The first kappa shape index (κ1) is 12.7. The second-order valence-corrected chi connectivity index (χ2v) is 4.96. The third kappa shape index (κ3) is 2.57. The summed E-state index contributed by atoms with van der Waals surface area (Å²) in [6.07, 6.45) is 5.53. The lowest BCUT2D eigenvalue weighted by molar-refractivity contribution is 0.388. The van der Waals surface area contributed by atoms with Crippen molar-refractivity contribution in [2.45, 2.75) is 32.9 Å². The summed E-state index contributed by atoms with van der Waals surface area (Å²) in [6.45, 7) is 6.30. The molecule has 0 saturated heterocycles. The van der Waals surface area contributed by atoms with E-state index in [9.17, 15) is 0 Å². The zero-order valence-corrected chi connectivity index (χ0v) is 11.1. The molecule has 0 aliphatic heterocycles. The molecule has 2 atom stereocenters. The van der Waals surface area contributed by atoms with Gasteiger partial charge in [-0.05, 0) is 25.0 Å². The summed E-state index contributed by atoms with van der Waals surface area (Å²) in [5, 5.41) is 4.54. The van der Waals surface area contributed by atoms with Gasteiger partial charge in [0.25, 0.3) is 0 Å². The number of benzene rings is 1. The van der Waals surface area contributed by atoms with Crippen LogP contribution in [0.25, 0.3) is 11.0 Å². The van der Waals surface area contributed by atoms with Crippen molar-refractivity contribution in [2.75, 3.05) is 0 Å². The van der Waals surface area contributed by atoms with Crippen LogP contribution in [-0.2, 0) is 0 Å². The van der Waals surface area contributed by atoms with Crippen LogP contribution in [0.2, 0.25) is 0 Å². The van der Waals surface area contributed by atoms with E-state index in [2.05, 4.69) is 44.1 Å². The topological polar surface area (TPSA) is 25.2 Å². The van der Waals surface area contributed by atoms with Crippen molar-refractivity contribution >= 4 is 11.0 Å². The fourth-order valence-corrected chi connectivity index (χ4v) is 2.00. The molecule has 0 amide bonds. The highest BCUT2D eigenvalue weighted by molar-refractivity contribution is 5.77. The van der Waals surface area contributed by atoms with Gasteiger partial charge in [0.2, 0.25) is 0 Å². The standard InChI is InChI=1S/C16H19NO/c1-5-14(11(2)3)17-12(4)16-10-13-8-6-7-9-15(13)18-16/h1,6-12,14,17H,2-4H3. The van der Waals surface area contributed by atoms with Gasteiger partial charge >= 0.3 is 0 Å². The van der Waals surface area contributed by atoms with E-state index in [-0.39, 0.29) is 12.1 Å². The van der Waals surface area contributed by atoms with Crippen LogP contribution in [0.5, 0.6) is 0 Å². The van der Waals surface area contributed by atoms with Gasteiger partial charge < -0.3 is 4.42 Å². The van der Waals surface area contributed by atoms with Gasteiger partial charge in [-0.3, -0.25) is 5.32 Å². The van der Waals surface area contributed by atoms with Gasteiger partial charge in [-0.2, -0.15) is 0 Å². The van der Waals surface area contributed by atoms with Crippen molar-refractivity contribution in [1.29, 1.82) is 0 Å². The number of nitrogens with one attached hydrogen (secondary N) is 1. The molecule has 0 aliphatic rings. The van der Waals surface area contributed by atoms with E-state index < -0.39 is 0 Å². The maximum Gasteiger partial charge on any atom is 0.134 e. The molecule has 1 N–H and O–H groups in total. The molecule has 0 fully saturated rings. The summed E-state index contributed by atoms with van der Waals surface area (Å²) < 4.78 is 5.82. The Morgan fingerprint density at radius 1 is 1.22 bits per heavy atom. The molecule has 1 aromatic heterocycles. The zero-order valence-electron chi connectivity index (χ0n) is 11.1. The number of terminal acetylenes is 1. The molecule has 2 nitrogen and oxygen atoms in total. The van der Waals surface area contributed by atoms with Crippen molar-refractivity contribution in [3.05, 3.63) is 36.1 Å². The second-order valence-electron chi connectivity index (χ2n) is 4.96. The number of rotatable bonds is 4. The Kier molecular flexibility index (Phi) is 3.74. The van der Waals surface area contributed by atoms with Crippen molar-refractivity contribution in [3.8, 4) is 12.3 Å². The minimum absolute atomic E-state index is 0.0632. The molecule has 2 heteroatoms. The van der Waals surface area contributed by atoms with Gasteiger partial charge in [0, 0.05) is 5.39 Å². The van der Waals surface area contributed by atoms with E-state index in [1.807, 2.05) is 18.2 Å². The van der Waals surface area contributed by atoms with Gasteiger partial charge in [0.15, 0.2) is 0 Å². The molecule has 1 heterocycles. The molecule has 18 heavy (non-hydrogen) atoms. The summed E-state index contributed by atoms with van der Waals surface area (Å²) in [5.41, 5.74) is 0.919. The Morgan fingerprint density at radius 2 is 1.94 bits per heavy atom. The molecule has 1 aromatic carbocycles. The Balaban J connectivity index is 2.18. The fraction of sp³-hybridized carbons (Fsp3) is 0.375. The highest BCUT2D eigenvalue weighted by Gasteiger charge is 2.17. The minimum Gasteiger partial charge on any atom is -0.459 e. The van der Waals surface area contributed by atoms with Crippen LogP contribution in [0.1, 0.15) is 32.6 Å². The van der Waals surface area contributed by atoms with E-state index in [0.29, 0.717) is 5.92 Å². The molecule has 94 valence electrons. The van der Waals surface area contributed by atoms with Crippen LogP contribution in [0, 0.1) is 18.3 Å². The van der Waals surface area contributed by atoms with Crippen molar-refractivity contribution in [3.63, 3.8) is 0 Å². The maximum atomic E-state index is 5.82. The first-order chi connectivity index (χ1) is 8.61. The van der Waals surface area contributed by atoms with E-state index >= 15 is 0 Å². The lowest BCUT2D eigenvalue weighted by Crippen LogP contribution is -2.34. The van der Waals surface area contributed by atoms with Gasteiger partial charge in [-0.15, -0.1) is 6.42 Å². The summed E-state index contributed by atoms with van der Waals surface area (Å²) in [5.74, 6) is 4.12. The van der Waals surface area contributed by atoms with Gasteiger partial charge in [-0.25, -0.2) is 0 Å². The van der Waals surface area contributed by atoms with Crippen LogP contribution in [0.4, 0.5) is 0 Å². The molecular formula is C16H19NO. The highest BCUT2D eigenvalue weighted by atomic mass is 16.3. The predicted molar refractivity (Wildman–Crippen MR) is 75.2 cm³/mol. The molecule has 2 unspecified atom stereocenters. The molecule has 0 radical (unpaired) electrons. The highest BCUT2D eigenvalue weighted by Crippen LogP contribution is 2.24. The third-order valence-corrected chi connectivity index (χ3v) is 3.15. The van der Waals surface area contributed by atoms with Crippen LogP contribution in [0.3, 0.4) is 0 Å². The predicted octanol–water partition coefficient (Wildman–Crippen LogP) is 3.74. The van der Waals surface area contributed by atoms with Crippen LogP contribution < -0.4 is 5.32 Å². The summed E-state index contributed by atoms with van der Waals surface area (Å²) in [7, 11) is 0. The summed E-state index contributed by atoms with van der Waals surface area (Å²) in [4.78, 5) is 0. The van der Waals surface area contributed by atoms with Crippen LogP contribution >= 0.6 is 0 Å². The van der Waals surface area contributed by atoms with Gasteiger partial charge in [0.05, 0.1) is 12.1 Å². The van der Waals surface area contributed by atoms with Crippen molar-refractivity contribution in [1.82, 2.24) is 5.32 Å². The average Bonchev–Trinajstić information content (AvgIpc) is 2.79.